The maximum Gasteiger partial charge on any atom is 0.331 e. The monoisotopic (exact) mass is 268 g/mol. The number of ether oxygens (including phenoxy) is 1. The molecule has 0 saturated carbocycles. The number of carboxylic acid groups (broad SMARTS) is 1. The Labute approximate surface area is 112 Å². The standard InChI is InChI=1S/C14H17ClO3/c1-7(14(16)17)6-11-10(4)12(15)8(2)9(3)13(11)18-5/h6H,1-5H3,(H,16,17)/b7-6+. The third-order valence-corrected chi connectivity index (χ3v) is 3.68. The van der Waals surface area contributed by atoms with Crippen molar-refractivity contribution in [1.29, 1.82) is 0 Å². The highest BCUT2D eigenvalue weighted by atomic mass is 35.5. The molecule has 1 aromatic carbocycles. The van der Waals surface area contributed by atoms with Crippen molar-refractivity contribution in [2.24, 2.45) is 0 Å². The maximum absolute atomic E-state index is 10.9. The van der Waals surface area contributed by atoms with Crippen LogP contribution < -0.4 is 4.74 Å². The number of carboxylic acids is 1. The first-order chi connectivity index (χ1) is 8.31. The van der Waals surface area contributed by atoms with E-state index in [1.165, 1.54) is 0 Å². The minimum absolute atomic E-state index is 0.246. The van der Waals surface area contributed by atoms with E-state index in [4.69, 9.17) is 21.4 Å². The van der Waals surface area contributed by atoms with Crippen molar-refractivity contribution in [3.63, 3.8) is 0 Å². The Bertz CT molecular complexity index is 531. The SMILES string of the molecule is COc1c(C)c(C)c(Cl)c(C)c1/C=C(\C)C(=O)O. The van der Waals surface area contributed by atoms with Gasteiger partial charge in [0, 0.05) is 16.2 Å². The Morgan fingerprint density at radius 1 is 1.22 bits per heavy atom. The Morgan fingerprint density at radius 3 is 2.22 bits per heavy atom. The van der Waals surface area contributed by atoms with Gasteiger partial charge in [-0.2, -0.15) is 0 Å². The topological polar surface area (TPSA) is 46.5 Å². The molecule has 0 aliphatic carbocycles. The molecule has 0 aromatic heterocycles. The van der Waals surface area contributed by atoms with Crippen LogP contribution in [0.3, 0.4) is 0 Å². The van der Waals surface area contributed by atoms with Crippen LogP contribution in [0.2, 0.25) is 5.02 Å². The molecule has 0 fully saturated rings. The van der Waals surface area contributed by atoms with E-state index in [0.29, 0.717) is 10.8 Å². The summed E-state index contributed by atoms with van der Waals surface area (Å²) in [5.74, 6) is -0.277. The van der Waals surface area contributed by atoms with Crippen LogP contribution in [0.1, 0.15) is 29.2 Å². The van der Waals surface area contributed by atoms with Gasteiger partial charge in [0.25, 0.3) is 0 Å². The highest BCUT2D eigenvalue weighted by Crippen LogP contribution is 2.37. The summed E-state index contributed by atoms with van der Waals surface area (Å²) in [6, 6.07) is 0. The quantitative estimate of drug-likeness (QED) is 0.849. The van der Waals surface area contributed by atoms with Gasteiger partial charge in [-0.1, -0.05) is 11.6 Å². The van der Waals surface area contributed by atoms with Gasteiger partial charge in [-0.05, 0) is 50.5 Å². The predicted octanol–water partition coefficient (Wildman–Crippen LogP) is 3.76. The number of benzene rings is 1. The van der Waals surface area contributed by atoms with Gasteiger partial charge in [-0.25, -0.2) is 4.79 Å². The second kappa shape index (κ2) is 5.44. The second-order valence-corrected chi connectivity index (χ2v) is 4.65. The molecule has 0 aliphatic heterocycles. The molecule has 0 heterocycles. The number of aliphatic carboxylic acids is 1. The molecular weight excluding hydrogens is 252 g/mol. The molecule has 98 valence electrons. The third-order valence-electron chi connectivity index (χ3n) is 3.11. The number of hydrogen-bond donors (Lipinski definition) is 1. The maximum atomic E-state index is 10.9. The minimum atomic E-state index is -0.953. The van der Waals surface area contributed by atoms with Crippen LogP contribution in [0.5, 0.6) is 5.75 Å². The highest BCUT2D eigenvalue weighted by molar-refractivity contribution is 6.32. The fourth-order valence-electron chi connectivity index (χ4n) is 1.82. The van der Waals surface area contributed by atoms with Crippen molar-refractivity contribution in [2.45, 2.75) is 27.7 Å². The third kappa shape index (κ3) is 2.51. The molecule has 0 amide bonds. The van der Waals surface area contributed by atoms with E-state index < -0.39 is 5.97 Å². The molecule has 1 N–H and O–H groups in total. The largest absolute Gasteiger partial charge is 0.496 e. The number of methoxy groups -OCH3 is 1. The fraction of sp³-hybridized carbons (Fsp3) is 0.357. The number of halogens is 1. The Balaban J connectivity index is 3.62. The molecule has 1 aromatic rings. The number of carbonyl (C=O) groups is 1. The summed E-state index contributed by atoms with van der Waals surface area (Å²) in [6.07, 6.45) is 1.59. The highest BCUT2D eigenvalue weighted by Gasteiger charge is 2.16. The summed E-state index contributed by atoms with van der Waals surface area (Å²) in [6.45, 7) is 7.24. The first-order valence-corrected chi connectivity index (χ1v) is 5.93. The van der Waals surface area contributed by atoms with E-state index in [0.717, 1.165) is 22.3 Å². The molecule has 0 saturated heterocycles. The van der Waals surface area contributed by atoms with Crippen LogP contribution in [0.4, 0.5) is 0 Å². The zero-order valence-electron chi connectivity index (χ0n) is 11.2. The summed E-state index contributed by atoms with van der Waals surface area (Å²) < 4.78 is 5.38. The molecule has 18 heavy (non-hydrogen) atoms. The van der Waals surface area contributed by atoms with Crippen LogP contribution in [0.25, 0.3) is 6.08 Å². The van der Waals surface area contributed by atoms with Gasteiger partial charge < -0.3 is 9.84 Å². The van der Waals surface area contributed by atoms with Crippen molar-refractivity contribution in [2.75, 3.05) is 7.11 Å². The molecule has 4 heteroatoms. The lowest BCUT2D eigenvalue weighted by atomic mass is 9.97. The van der Waals surface area contributed by atoms with Crippen molar-refractivity contribution in [3.8, 4) is 5.75 Å². The van der Waals surface area contributed by atoms with E-state index in [1.54, 1.807) is 20.1 Å². The average molecular weight is 269 g/mol. The lowest BCUT2D eigenvalue weighted by molar-refractivity contribution is -0.132. The minimum Gasteiger partial charge on any atom is -0.496 e. The second-order valence-electron chi connectivity index (χ2n) is 4.27. The summed E-state index contributed by atoms with van der Waals surface area (Å²) in [5, 5.41) is 9.60. The Hall–Kier alpha value is -1.48. The average Bonchev–Trinajstić information content (AvgIpc) is 2.33. The van der Waals surface area contributed by atoms with Gasteiger partial charge in [0.05, 0.1) is 7.11 Å². The first-order valence-electron chi connectivity index (χ1n) is 5.56. The molecule has 0 radical (unpaired) electrons. The number of hydrogen-bond acceptors (Lipinski definition) is 2. The van der Waals surface area contributed by atoms with Gasteiger partial charge in [0.2, 0.25) is 0 Å². The van der Waals surface area contributed by atoms with E-state index in [1.807, 2.05) is 20.8 Å². The van der Waals surface area contributed by atoms with Crippen LogP contribution in [0.15, 0.2) is 5.57 Å². The Kier molecular flexibility index (Phi) is 4.41. The van der Waals surface area contributed by atoms with Crippen molar-refractivity contribution in [3.05, 3.63) is 32.8 Å². The van der Waals surface area contributed by atoms with Gasteiger partial charge in [0.15, 0.2) is 0 Å². The van der Waals surface area contributed by atoms with Crippen LogP contribution >= 0.6 is 11.6 Å². The molecule has 0 unspecified atom stereocenters. The van der Waals surface area contributed by atoms with Crippen molar-refractivity contribution >= 4 is 23.6 Å². The molecule has 0 atom stereocenters. The van der Waals surface area contributed by atoms with Gasteiger partial charge in [-0.15, -0.1) is 0 Å². The van der Waals surface area contributed by atoms with E-state index in [9.17, 15) is 4.79 Å². The molecule has 0 spiro atoms. The summed E-state index contributed by atoms with van der Waals surface area (Å²) in [4.78, 5) is 10.9. The Morgan fingerprint density at radius 2 is 1.78 bits per heavy atom. The summed E-state index contributed by atoms with van der Waals surface area (Å²) in [5.41, 5.74) is 3.69. The number of rotatable bonds is 3. The van der Waals surface area contributed by atoms with E-state index in [-0.39, 0.29) is 5.57 Å². The van der Waals surface area contributed by atoms with Gasteiger partial charge in [-0.3, -0.25) is 0 Å². The molecule has 0 bridgehead atoms. The molecule has 1 rings (SSSR count). The van der Waals surface area contributed by atoms with Crippen LogP contribution in [-0.2, 0) is 4.79 Å². The van der Waals surface area contributed by atoms with Gasteiger partial charge in [0.1, 0.15) is 5.75 Å². The van der Waals surface area contributed by atoms with E-state index in [2.05, 4.69) is 0 Å². The molecule has 3 nitrogen and oxygen atoms in total. The van der Waals surface area contributed by atoms with Crippen molar-refractivity contribution in [1.82, 2.24) is 0 Å². The van der Waals surface area contributed by atoms with Gasteiger partial charge >= 0.3 is 5.97 Å². The summed E-state index contributed by atoms with van der Waals surface area (Å²) in [7, 11) is 1.57. The fourth-order valence-corrected chi connectivity index (χ4v) is 2.07. The lowest BCUT2D eigenvalue weighted by Crippen LogP contribution is -2.01. The molecule has 0 aliphatic rings. The zero-order valence-corrected chi connectivity index (χ0v) is 12.0. The zero-order chi connectivity index (χ0) is 14.0. The normalized spacial score (nSPS) is 11.6. The van der Waals surface area contributed by atoms with Crippen LogP contribution in [-0.4, -0.2) is 18.2 Å². The predicted molar refractivity (Wildman–Crippen MR) is 73.5 cm³/mol. The summed E-state index contributed by atoms with van der Waals surface area (Å²) >= 11 is 6.25. The van der Waals surface area contributed by atoms with Crippen LogP contribution in [0, 0.1) is 20.8 Å². The van der Waals surface area contributed by atoms with Crippen molar-refractivity contribution < 1.29 is 14.6 Å². The van der Waals surface area contributed by atoms with E-state index >= 15 is 0 Å². The first kappa shape index (κ1) is 14.6. The smallest absolute Gasteiger partial charge is 0.331 e. The molecular formula is C14H17ClO3. The lowest BCUT2D eigenvalue weighted by Gasteiger charge is -2.16.